The van der Waals surface area contributed by atoms with Crippen molar-refractivity contribution >= 4 is 11.6 Å². The molecule has 2 atom stereocenters. The highest BCUT2D eigenvalue weighted by atomic mass is 35.5. The van der Waals surface area contributed by atoms with E-state index in [0.29, 0.717) is 0 Å². The minimum absolute atomic E-state index is 0.148. The molecule has 20 heavy (non-hydrogen) atoms. The molecule has 1 aromatic carbocycles. The maximum atomic E-state index is 6.44. The number of hydrogen-bond acceptors (Lipinski definition) is 2. The Morgan fingerprint density at radius 1 is 1.10 bits per heavy atom. The predicted octanol–water partition coefficient (Wildman–Crippen LogP) is 4.38. The topological polar surface area (TPSA) is 29.3 Å². The highest BCUT2D eigenvalue weighted by Gasteiger charge is 2.27. The number of nitrogens with zero attached hydrogens (tertiary/aromatic N) is 1. The van der Waals surface area contributed by atoms with E-state index in [1.165, 1.54) is 37.7 Å². The average Bonchev–Trinajstić information content (AvgIpc) is 2.42. The van der Waals surface area contributed by atoms with Gasteiger partial charge in [0.05, 0.1) is 6.04 Å². The number of rotatable bonds is 4. The maximum absolute atomic E-state index is 6.44. The number of halogens is 1. The first kappa shape index (κ1) is 15.8. The first-order chi connectivity index (χ1) is 9.74. The maximum Gasteiger partial charge on any atom is 0.0513 e. The molecule has 0 bridgehead atoms. The molecule has 2 unspecified atom stereocenters. The number of likely N-dealkylation sites (tertiary alicyclic amines) is 1. The zero-order valence-electron chi connectivity index (χ0n) is 12.5. The summed E-state index contributed by atoms with van der Waals surface area (Å²) in [4.78, 5) is 2.56. The lowest BCUT2D eigenvalue weighted by atomic mass is 9.94. The fourth-order valence-corrected chi connectivity index (χ4v) is 3.43. The fourth-order valence-electron chi connectivity index (χ4n) is 3.19. The van der Waals surface area contributed by atoms with Gasteiger partial charge in [0, 0.05) is 11.1 Å². The molecule has 1 saturated heterocycles. The molecular weight excluding hydrogens is 268 g/mol. The van der Waals surface area contributed by atoms with Crippen LogP contribution in [0.1, 0.15) is 57.1 Å². The largest absolute Gasteiger partial charge is 0.326 e. The van der Waals surface area contributed by atoms with Gasteiger partial charge in [0.1, 0.15) is 0 Å². The van der Waals surface area contributed by atoms with Crippen LogP contribution >= 0.6 is 11.6 Å². The Hall–Kier alpha value is -0.570. The van der Waals surface area contributed by atoms with E-state index in [9.17, 15) is 0 Å². The third-order valence-corrected chi connectivity index (χ3v) is 4.73. The Morgan fingerprint density at radius 2 is 1.70 bits per heavy atom. The smallest absolute Gasteiger partial charge is 0.0513 e. The van der Waals surface area contributed by atoms with Gasteiger partial charge in [-0.3, -0.25) is 4.90 Å². The molecule has 2 N–H and O–H groups in total. The molecule has 2 rings (SSSR count). The molecule has 0 spiro atoms. The minimum Gasteiger partial charge on any atom is -0.326 e. The Balaban J connectivity index is 2.24. The molecule has 3 heteroatoms. The molecular formula is C17H27ClN2. The average molecular weight is 295 g/mol. The molecule has 2 nitrogen and oxygen atoms in total. The van der Waals surface area contributed by atoms with Crippen molar-refractivity contribution in [1.29, 1.82) is 0 Å². The molecule has 0 aliphatic carbocycles. The number of benzene rings is 1. The van der Waals surface area contributed by atoms with Gasteiger partial charge in [-0.15, -0.1) is 0 Å². The minimum atomic E-state index is 0.148. The van der Waals surface area contributed by atoms with Gasteiger partial charge in [-0.05, 0) is 44.0 Å². The second-order valence-corrected chi connectivity index (χ2v) is 6.25. The lowest BCUT2D eigenvalue weighted by molar-refractivity contribution is 0.155. The van der Waals surface area contributed by atoms with Gasteiger partial charge in [-0.2, -0.15) is 0 Å². The monoisotopic (exact) mass is 294 g/mol. The van der Waals surface area contributed by atoms with Gasteiger partial charge in [0.15, 0.2) is 0 Å². The van der Waals surface area contributed by atoms with Crippen LogP contribution in [0.5, 0.6) is 0 Å². The number of nitrogens with two attached hydrogens (primary N) is 1. The lowest BCUT2D eigenvalue weighted by Gasteiger charge is -2.37. The summed E-state index contributed by atoms with van der Waals surface area (Å²) in [5.41, 5.74) is 7.64. The van der Waals surface area contributed by atoms with Crippen molar-refractivity contribution < 1.29 is 0 Å². The fraction of sp³-hybridized carbons (Fsp3) is 0.647. The van der Waals surface area contributed by atoms with Crippen LogP contribution in [0.3, 0.4) is 0 Å². The second-order valence-electron chi connectivity index (χ2n) is 5.84. The van der Waals surface area contributed by atoms with Crippen LogP contribution < -0.4 is 5.73 Å². The zero-order valence-corrected chi connectivity index (χ0v) is 13.3. The van der Waals surface area contributed by atoms with Crippen LogP contribution in [0, 0.1) is 0 Å². The molecule has 112 valence electrons. The molecule has 1 aliphatic heterocycles. The van der Waals surface area contributed by atoms with Crippen molar-refractivity contribution in [3.05, 3.63) is 34.9 Å². The predicted molar refractivity (Wildman–Crippen MR) is 87.1 cm³/mol. The van der Waals surface area contributed by atoms with Gasteiger partial charge in [-0.25, -0.2) is 0 Å². The molecule has 0 amide bonds. The Morgan fingerprint density at radius 3 is 2.30 bits per heavy atom. The summed E-state index contributed by atoms with van der Waals surface area (Å²) in [6.45, 7) is 4.45. The van der Waals surface area contributed by atoms with E-state index in [1.54, 1.807) is 0 Å². The Labute approximate surface area is 128 Å². The van der Waals surface area contributed by atoms with Crippen LogP contribution in [0.4, 0.5) is 0 Å². The molecule has 0 saturated carbocycles. The van der Waals surface area contributed by atoms with Crippen LogP contribution in [0.2, 0.25) is 5.02 Å². The van der Waals surface area contributed by atoms with Crippen molar-refractivity contribution in [3.8, 4) is 0 Å². The second kappa shape index (κ2) is 8.02. The molecule has 1 aromatic rings. The summed E-state index contributed by atoms with van der Waals surface area (Å²) >= 11 is 6.43. The molecule has 1 fully saturated rings. The summed E-state index contributed by atoms with van der Waals surface area (Å²) in [7, 11) is 0. The molecule has 1 heterocycles. The van der Waals surface area contributed by atoms with E-state index in [-0.39, 0.29) is 12.1 Å². The van der Waals surface area contributed by atoms with Crippen LogP contribution in [-0.4, -0.2) is 24.0 Å². The van der Waals surface area contributed by atoms with Gasteiger partial charge in [0.25, 0.3) is 0 Å². The van der Waals surface area contributed by atoms with Gasteiger partial charge >= 0.3 is 0 Å². The van der Waals surface area contributed by atoms with Gasteiger partial charge in [0.2, 0.25) is 0 Å². The molecule has 0 aromatic heterocycles. The van der Waals surface area contributed by atoms with Crippen LogP contribution in [0.25, 0.3) is 0 Å². The van der Waals surface area contributed by atoms with Gasteiger partial charge in [-0.1, -0.05) is 56.0 Å². The highest BCUT2D eigenvalue weighted by molar-refractivity contribution is 6.31. The summed E-state index contributed by atoms with van der Waals surface area (Å²) in [6.07, 6.45) is 7.59. The normalized spacial score (nSPS) is 20.9. The lowest BCUT2D eigenvalue weighted by Crippen LogP contribution is -2.42. The Kier molecular flexibility index (Phi) is 6.34. The summed E-state index contributed by atoms with van der Waals surface area (Å²) in [5, 5.41) is 0.850. The first-order valence-electron chi connectivity index (χ1n) is 7.98. The first-order valence-corrected chi connectivity index (χ1v) is 8.36. The van der Waals surface area contributed by atoms with Crippen molar-refractivity contribution in [1.82, 2.24) is 4.90 Å². The number of hydrogen-bond donors (Lipinski definition) is 1. The third kappa shape index (κ3) is 3.97. The summed E-state index contributed by atoms with van der Waals surface area (Å²) in [5.74, 6) is 0. The quantitative estimate of drug-likeness (QED) is 0.892. The molecule has 1 aliphatic rings. The van der Waals surface area contributed by atoms with Crippen molar-refractivity contribution in [3.63, 3.8) is 0 Å². The zero-order chi connectivity index (χ0) is 14.4. The van der Waals surface area contributed by atoms with Crippen LogP contribution in [-0.2, 0) is 0 Å². The van der Waals surface area contributed by atoms with E-state index in [1.807, 2.05) is 12.1 Å². The Bertz CT molecular complexity index is 400. The summed E-state index contributed by atoms with van der Waals surface area (Å²) < 4.78 is 0. The van der Waals surface area contributed by atoms with E-state index in [4.69, 9.17) is 17.3 Å². The van der Waals surface area contributed by atoms with E-state index in [0.717, 1.165) is 24.5 Å². The highest BCUT2D eigenvalue weighted by Crippen LogP contribution is 2.32. The van der Waals surface area contributed by atoms with Crippen LogP contribution in [0.15, 0.2) is 24.3 Å². The van der Waals surface area contributed by atoms with E-state index in [2.05, 4.69) is 24.0 Å². The van der Waals surface area contributed by atoms with Gasteiger partial charge < -0.3 is 5.73 Å². The standard InChI is InChI=1S/C17H27ClN2/c1-2-16(19)17(14-10-6-7-11-15(14)18)20-12-8-4-3-5-9-13-20/h6-7,10-11,16-17H,2-5,8-9,12-13,19H2,1H3. The van der Waals surface area contributed by atoms with Crippen molar-refractivity contribution in [2.75, 3.05) is 13.1 Å². The van der Waals surface area contributed by atoms with E-state index >= 15 is 0 Å². The van der Waals surface area contributed by atoms with Crippen molar-refractivity contribution in [2.24, 2.45) is 5.73 Å². The summed E-state index contributed by atoms with van der Waals surface area (Å²) in [6, 6.07) is 8.59. The van der Waals surface area contributed by atoms with Crippen molar-refractivity contribution in [2.45, 2.75) is 57.5 Å². The third-order valence-electron chi connectivity index (χ3n) is 4.38. The van der Waals surface area contributed by atoms with E-state index < -0.39 is 0 Å². The SMILES string of the molecule is CCC(N)C(c1ccccc1Cl)N1CCCCCCC1. The molecule has 0 radical (unpaired) electrons.